The second-order valence-electron chi connectivity index (χ2n) is 5.45. The molecule has 1 atom stereocenters. The van der Waals surface area contributed by atoms with Crippen LogP contribution in [0.1, 0.15) is 28.4 Å². The van der Waals surface area contributed by atoms with E-state index in [4.69, 9.17) is 4.74 Å². The highest BCUT2D eigenvalue weighted by atomic mass is 127. The highest BCUT2D eigenvalue weighted by molar-refractivity contribution is 14.1. The SMILES string of the molecule is O=C1C[C@H](c2ccc(I)cc2)Oc2ccc3ccccc3c21. The van der Waals surface area contributed by atoms with E-state index in [2.05, 4.69) is 22.6 Å². The second kappa shape index (κ2) is 5.39. The number of carbonyl (C=O) groups excluding carboxylic acids is 1. The van der Waals surface area contributed by atoms with Crippen LogP contribution in [0.3, 0.4) is 0 Å². The minimum absolute atomic E-state index is 0.154. The van der Waals surface area contributed by atoms with E-state index < -0.39 is 0 Å². The fourth-order valence-electron chi connectivity index (χ4n) is 2.97. The Kier molecular flexibility index (Phi) is 3.37. The standard InChI is InChI=1S/C19H13IO2/c20-14-8-5-13(6-9-14)18-11-16(21)19-15-4-2-1-3-12(15)7-10-17(19)22-18/h1-10,18H,11H2/t18-/m1/s1. The van der Waals surface area contributed by atoms with Gasteiger partial charge in [-0.15, -0.1) is 0 Å². The third-order valence-electron chi connectivity index (χ3n) is 4.05. The van der Waals surface area contributed by atoms with Crippen molar-refractivity contribution in [1.29, 1.82) is 0 Å². The predicted molar refractivity (Wildman–Crippen MR) is 95.4 cm³/mol. The van der Waals surface area contributed by atoms with Gasteiger partial charge in [0.05, 0.1) is 12.0 Å². The molecule has 0 N–H and O–H groups in total. The number of rotatable bonds is 1. The number of fused-ring (bicyclic) bond motifs is 3. The van der Waals surface area contributed by atoms with Crippen molar-refractivity contribution in [1.82, 2.24) is 0 Å². The molecule has 0 bridgehead atoms. The Morgan fingerprint density at radius 3 is 2.55 bits per heavy atom. The Balaban J connectivity index is 1.79. The smallest absolute Gasteiger partial charge is 0.171 e. The maximum absolute atomic E-state index is 12.7. The highest BCUT2D eigenvalue weighted by Crippen LogP contribution is 2.38. The van der Waals surface area contributed by atoms with E-state index in [1.807, 2.05) is 60.7 Å². The number of ketones is 1. The van der Waals surface area contributed by atoms with Crippen LogP contribution in [-0.4, -0.2) is 5.78 Å². The molecular weight excluding hydrogens is 387 g/mol. The van der Waals surface area contributed by atoms with Gasteiger partial charge in [-0.25, -0.2) is 0 Å². The van der Waals surface area contributed by atoms with Gasteiger partial charge in [-0.05, 0) is 57.1 Å². The average Bonchev–Trinajstić information content (AvgIpc) is 2.55. The Hall–Kier alpha value is -1.88. The molecule has 0 amide bonds. The topological polar surface area (TPSA) is 26.3 Å². The lowest BCUT2D eigenvalue weighted by molar-refractivity contribution is 0.0853. The van der Waals surface area contributed by atoms with Gasteiger partial charge in [0.2, 0.25) is 0 Å². The summed E-state index contributed by atoms with van der Waals surface area (Å²) in [4.78, 5) is 12.7. The van der Waals surface area contributed by atoms with Gasteiger partial charge in [-0.3, -0.25) is 4.79 Å². The summed E-state index contributed by atoms with van der Waals surface area (Å²) in [6.07, 6.45) is 0.194. The molecule has 3 heteroatoms. The number of carbonyl (C=O) groups is 1. The van der Waals surface area contributed by atoms with Crippen LogP contribution in [-0.2, 0) is 0 Å². The monoisotopic (exact) mass is 400 g/mol. The molecule has 22 heavy (non-hydrogen) atoms. The maximum atomic E-state index is 12.7. The fraction of sp³-hybridized carbons (Fsp3) is 0.105. The first-order valence-electron chi connectivity index (χ1n) is 7.19. The summed E-state index contributed by atoms with van der Waals surface area (Å²) >= 11 is 2.27. The van der Waals surface area contributed by atoms with Gasteiger partial charge >= 0.3 is 0 Å². The third-order valence-corrected chi connectivity index (χ3v) is 4.77. The van der Waals surface area contributed by atoms with Crippen molar-refractivity contribution in [3.05, 3.63) is 75.4 Å². The van der Waals surface area contributed by atoms with Crippen LogP contribution in [0, 0.1) is 3.57 Å². The van der Waals surface area contributed by atoms with Gasteiger partial charge in [-0.1, -0.05) is 42.5 Å². The summed E-state index contributed by atoms with van der Waals surface area (Å²) < 4.78 is 7.29. The first-order chi connectivity index (χ1) is 10.7. The van der Waals surface area contributed by atoms with E-state index in [0.717, 1.165) is 21.9 Å². The summed E-state index contributed by atoms with van der Waals surface area (Å²) in [5, 5.41) is 2.05. The number of Topliss-reactive ketones (excluding diaryl/α,β-unsaturated/α-hetero) is 1. The molecule has 3 aromatic carbocycles. The fourth-order valence-corrected chi connectivity index (χ4v) is 3.33. The molecule has 108 valence electrons. The van der Waals surface area contributed by atoms with Gasteiger partial charge in [0.25, 0.3) is 0 Å². The molecule has 1 heterocycles. The van der Waals surface area contributed by atoms with E-state index in [1.165, 1.54) is 3.57 Å². The quantitative estimate of drug-likeness (QED) is 0.528. The van der Waals surface area contributed by atoms with E-state index in [0.29, 0.717) is 12.2 Å². The Morgan fingerprint density at radius 2 is 1.73 bits per heavy atom. The molecule has 4 rings (SSSR count). The van der Waals surface area contributed by atoms with Crippen molar-refractivity contribution < 1.29 is 9.53 Å². The molecule has 0 radical (unpaired) electrons. The Morgan fingerprint density at radius 1 is 0.955 bits per heavy atom. The summed E-state index contributed by atoms with van der Waals surface area (Å²) in [6, 6.07) is 20.0. The van der Waals surface area contributed by atoms with Crippen molar-refractivity contribution in [2.24, 2.45) is 0 Å². The van der Waals surface area contributed by atoms with E-state index in [-0.39, 0.29) is 11.9 Å². The Bertz CT molecular complexity index is 868. The van der Waals surface area contributed by atoms with Crippen LogP contribution in [0.25, 0.3) is 10.8 Å². The lowest BCUT2D eigenvalue weighted by Crippen LogP contribution is -2.20. The largest absolute Gasteiger partial charge is 0.484 e. The normalized spacial score (nSPS) is 17.1. The van der Waals surface area contributed by atoms with Crippen molar-refractivity contribution in [2.75, 3.05) is 0 Å². The first kappa shape index (κ1) is 13.8. The molecule has 2 nitrogen and oxygen atoms in total. The van der Waals surface area contributed by atoms with Gasteiger partial charge in [0.1, 0.15) is 11.9 Å². The predicted octanol–water partition coefficient (Wildman–Crippen LogP) is 5.15. The average molecular weight is 400 g/mol. The number of hydrogen-bond donors (Lipinski definition) is 0. The maximum Gasteiger partial charge on any atom is 0.171 e. The molecular formula is C19H13IO2. The van der Waals surface area contributed by atoms with Gasteiger partial charge in [0.15, 0.2) is 5.78 Å². The van der Waals surface area contributed by atoms with Crippen LogP contribution in [0.4, 0.5) is 0 Å². The summed E-state index contributed by atoms with van der Waals surface area (Å²) in [5.74, 6) is 0.847. The van der Waals surface area contributed by atoms with Gasteiger partial charge in [0, 0.05) is 3.57 Å². The van der Waals surface area contributed by atoms with Crippen molar-refractivity contribution >= 4 is 39.1 Å². The van der Waals surface area contributed by atoms with E-state index in [9.17, 15) is 4.79 Å². The lowest BCUT2D eigenvalue weighted by atomic mass is 9.92. The summed E-state index contributed by atoms with van der Waals surface area (Å²) in [7, 11) is 0. The molecule has 0 fully saturated rings. The molecule has 0 aromatic heterocycles. The zero-order valence-electron chi connectivity index (χ0n) is 11.8. The van der Waals surface area contributed by atoms with Crippen LogP contribution >= 0.6 is 22.6 Å². The molecule has 0 spiro atoms. The molecule has 0 saturated heterocycles. The molecule has 0 unspecified atom stereocenters. The summed E-state index contributed by atoms with van der Waals surface area (Å²) in [6.45, 7) is 0. The van der Waals surface area contributed by atoms with Crippen LogP contribution in [0.15, 0.2) is 60.7 Å². The number of ether oxygens (including phenoxy) is 1. The van der Waals surface area contributed by atoms with E-state index in [1.54, 1.807) is 0 Å². The van der Waals surface area contributed by atoms with Gasteiger partial charge in [-0.2, -0.15) is 0 Å². The minimum atomic E-state index is -0.196. The molecule has 0 aliphatic carbocycles. The Labute approximate surface area is 142 Å². The van der Waals surface area contributed by atoms with Crippen molar-refractivity contribution in [3.8, 4) is 5.75 Å². The van der Waals surface area contributed by atoms with Crippen LogP contribution < -0.4 is 4.74 Å². The molecule has 1 aliphatic heterocycles. The van der Waals surface area contributed by atoms with Gasteiger partial charge < -0.3 is 4.74 Å². The number of halogens is 1. The van der Waals surface area contributed by atoms with Crippen molar-refractivity contribution in [2.45, 2.75) is 12.5 Å². The zero-order valence-corrected chi connectivity index (χ0v) is 13.9. The lowest BCUT2D eigenvalue weighted by Gasteiger charge is -2.26. The second-order valence-corrected chi connectivity index (χ2v) is 6.69. The number of hydrogen-bond acceptors (Lipinski definition) is 2. The van der Waals surface area contributed by atoms with Crippen LogP contribution in [0.2, 0.25) is 0 Å². The molecule has 1 aliphatic rings. The third kappa shape index (κ3) is 2.29. The minimum Gasteiger partial charge on any atom is -0.484 e. The van der Waals surface area contributed by atoms with Crippen LogP contribution in [0.5, 0.6) is 5.75 Å². The van der Waals surface area contributed by atoms with Crippen molar-refractivity contribution in [3.63, 3.8) is 0 Å². The van der Waals surface area contributed by atoms with E-state index >= 15 is 0 Å². The highest BCUT2D eigenvalue weighted by Gasteiger charge is 2.29. The summed E-state index contributed by atoms with van der Waals surface area (Å²) in [5.41, 5.74) is 1.77. The number of benzene rings is 3. The molecule has 3 aromatic rings. The zero-order chi connectivity index (χ0) is 15.1. The first-order valence-corrected chi connectivity index (χ1v) is 8.27. The molecule has 0 saturated carbocycles.